The van der Waals surface area contributed by atoms with Crippen LogP contribution in [-0.2, 0) is 0 Å². The molecule has 1 atom stereocenters. The Morgan fingerprint density at radius 2 is 1.76 bits per heavy atom. The zero-order chi connectivity index (χ0) is 12.6. The lowest BCUT2D eigenvalue weighted by molar-refractivity contribution is 0.825. The van der Waals surface area contributed by atoms with Gasteiger partial charge in [0.15, 0.2) is 0 Å². The Morgan fingerprint density at radius 1 is 1.18 bits per heavy atom. The predicted molar refractivity (Wildman–Crippen MR) is 74.4 cm³/mol. The van der Waals surface area contributed by atoms with Crippen LogP contribution < -0.4 is 5.73 Å². The van der Waals surface area contributed by atoms with Crippen molar-refractivity contribution in [1.29, 1.82) is 0 Å². The Morgan fingerprint density at radius 3 is 2.24 bits per heavy atom. The number of rotatable bonds is 2. The Balaban J connectivity index is 2.58. The van der Waals surface area contributed by atoms with Gasteiger partial charge < -0.3 is 5.73 Å². The van der Waals surface area contributed by atoms with E-state index in [9.17, 15) is 0 Å². The molecule has 0 saturated heterocycles. The van der Waals surface area contributed by atoms with E-state index >= 15 is 0 Å². The van der Waals surface area contributed by atoms with Crippen molar-refractivity contribution in [3.63, 3.8) is 0 Å². The summed E-state index contributed by atoms with van der Waals surface area (Å²) in [6, 6.07) is 6.40. The van der Waals surface area contributed by atoms with Gasteiger partial charge in [-0.1, -0.05) is 18.2 Å². The van der Waals surface area contributed by atoms with Crippen molar-refractivity contribution >= 4 is 11.3 Å². The molecule has 3 heteroatoms. The molecule has 2 aromatic rings. The van der Waals surface area contributed by atoms with E-state index in [1.807, 2.05) is 13.8 Å². The van der Waals surface area contributed by atoms with Crippen molar-refractivity contribution in [2.24, 2.45) is 5.73 Å². The van der Waals surface area contributed by atoms with E-state index in [1.165, 1.54) is 21.6 Å². The van der Waals surface area contributed by atoms with E-state index in [-0.39, 0.29) is 6.04 Å². The highest BCUT2D eigenvalue weighted by atomic mass is 32.1. The molecule has 1 unspecified atom stereocenters. The maximum Gasteiger partial charge on any atom is 0.124 e. The summed E-state index contributed by atoms with van der Waals surface area (Å²) >= 11 is 1.71. The van der Waals surface area contributed by atoms with Crippen molar-refractivity contribution in [3.05, 3.63) is 39.9 Å². The Labute approximate surface area is 107 Å². The van der Waals surface area contributed by atoms with Crippen LogP contribution in [0.2, 0.25) is 0 Å². The number of nitrogens with zero attached hydrogens (tertiary/aromatic N) is 1. The highest BCUT2D eigenvalue weighted by Gasteiger charge is 2.14. The second-order valence-corrected chi connectivity index (χ2v) is 5.55. The molecule has 2 N–H and O–H groups in total. The predicted octanol–water partition coefficient (Wildman–Crippen LogP) is 3.76. The van der Waals surface area contributed by atoms with Gasteiger partial charge in [0.2, 0.25) is 0 Å². The molecule has 1 aromatic carbocycles. The SMILES string of the molecule is Cc1cccc(C)c1-c1nc(C)c(C(C)N)s1. The minimum absolute atomic E-state index is 0.0607. The molecular weight excluding hydrogens is 228 g/mol. The molecule has 0 amide bonds. The van der Waals surface area contributed by atoms with E-state index in [4.69, 9.17) is 5.73 Å². The quantitative estimate of drug-likeness (QED) is 0.876. The molecule has 0 aliphatic heterocycles. The van der Waals surface area contributed by atoms with Crippen LogP contribution >= 0.6 is 11.3 Å². The maximum absolute atomic E-state index is 5.95. The minimum Gasteiger partial charge on any atom is -0.323 e. The fraction of sp³-hybridized carbons (Fsp3) is 0.357. The molecule has 0 saturated carbocycles. The van der Waals surface area contributed by atoms with Crippen LogP contribution in [0.1, 0.15) is 34.7 Å². The average Bonchev–Trinajstić information content (AvgIpc) is 2.60. The van der Waals surface area contributed by atoms with Gasteiger partial charge in [0.05, 0.1) is 5.69 Å². The Kier molecular flexibility index (Phi) is 3.31. The third-order valence-corrected chi connectivity index (χ3v) is 4.32. The summed E-state index contributed by atoms with van der Waals surface area (Å²) in [5.74, 6) is 0. The summed E-state index contributed by atoms with van der Waals surface area (Å²) in [6.07, 6.45) is 0. The first-order valence-electron chi connectivity index (χ1n) is 5.80. The lowest BCUT2D eigenvalue weighted by Crippen LogP contribution is -2.03. The van der Waals surface area contributed by atoms with Gasteiger partial charge in [-0.25, -0.2) is 4.98 Å². The van der Waals surface area contributed by atoms with Crippen molar-refractivity contribution in [3.8, 4) is 10.6 Å². The molecule has 2 nitrogen and oxygen atoms in total. The number of hydrogen-bond donors (Lipinski definition) is 1. The summed E-state index contributed by atoms with van der Waals surface area (Å²) < 4.78 is 0. The molecular formula is C14H18N2S. The van der Waals surface area contributed by atoms with Crippen molar-refractivity contribution < 1.29 is 0 Å². The molecule has 0 spiro atoms. The summed E-state index contributed by atoms with van der Waals surface area (Å²) in [7, 11) is 0. The normalized spacial score (nSPS) is 12.8. The van der Waals surface area contributed by atoms with Crippen LogP contribution in [0.25, 0.3) is 10.6 Å². The van der Waals surface area contributed by atoms with Gasteiger partial charge in [-0.15, -0.1) is 11.3 Å². The zero-order valence-corrected chi connectivity index (χ0v) is 11.6. The van der Waals surface area contributed by atoms with Gasteiger partial charge in [0.25, 0.3) is 0 Å². The third-order valence-electron chi connectivity index (χ3n) is 2.94. The summed E-state index contributed by atoms with van der Waals surface area (Å²) in [6.45, 7) is 8.30. The number of benzene rings is 1. The van der Waals surface area contributed by atoms with Gasteiger partial charge in [0, 0.05) is 16.5 Å². The Hall–Kier alpha value is -1.19. The molecule has 0 fully saturated rings. The monoisotopic (exact) mass is 246 g/mol. The number of aryl methyl sites for hydroxylation is 3. The molecule has 0 aliphatic rings. The van der Waals surface area contributed by atoms with Crippen LogP contribution in [-0.4, -0.2) is 4.98 Å². The molecule has 0 aliphatic carbocycles. The van der Waals surface area contributed by atoms with Gasteiger partial charge in [0.1, 0.15) is 5.01 Å². The topological polar surface area (TPSA) is 38.9 Å². The van der Waals surface area contributed by atoms with Gasteiger partial charge in [-0.3, -0.25) is 0 Å². The third kappa shape index (κ3) is 2.26. The summed E-state index contributed by atoms with van der Waals surface area (Å²) in [4.78, 5) is 5.85. The van der Waals surface area contributed by atoms with E-state index in [1.54, 1.807) is 11.3 Å². The van der Waals surface area contributed by atoms with E-state index in [0.717, 1.165) is 10.7 Å². The van der Waals surface area contributed by atoms with Crippen molar-refractivity contribution in [1.82, 2.24) is 4.98 Å². The van der Waals surface area contributed by atoms with Crippen LogP contribution in [0, 0.1) is 20.8 Å². The first-order chi connectivity index (χ1) is 8.00. The van der Waals surface area contributed by atoms with Crippen molar-refractivity contribution in [2.75, 3.05) is 0 Å². The first-order valence-corrected chi connectivity index (χ1v) is 6.62. The molecule has 90 valence electrons. The maximum atomic E-state index is 5.95. The fourth-order valence-corrected chi connectivity index (χ4v) is 3.28. The molecule has 1 aromatic heterocycles. The van der Waals surface area contributed by atoms with Crippen molar-refractivity contribution in [2.45, 2.75) is 33.7 Å². The lowest BCUT2D eigenvalue weighted by atomic mass is 10.0. The van der Waals surface area contributed by atoms with Crippen LogP contribution in [0.4, 0.5) is 0 Å². The van der Waals surface area contributed by atoms with Crippen LogP contribution in [0.5, 0.6) is 0 Å². The number of nitrogens with two attached hydrogens (primary N) is 1. The standard InChI is InChI=1S/C14H18N2S/c1-8-6-5-7-9(2)12(8)14-16-11(4)13(17-14)10(3)15/h5-7,10H,15H2,1-4H3. The van der Waals surface area contributed by atoms with Crippen LogP contribution in [0.3, 0.4) is 0 Å². The van der Waals surface area contributed by atoms with Crippen LogP contribution in [0.15, 0.2) is 18.2 Å². The second-order valence-electron chi connectivity index (χ2n) is 4.52. The number of hydrogen-bond acceptors (Lipinski definition) is 3. The molecule has 1 heterocycles. The first kappa shape index (κ1) is 12.3. The lowest BCUT2D eigenvalue weighted by Gasteiger charge is -2.05. The molecule has 2 rings (SSSR count). The molecule has 0 radical (unpaired) electrons. The summed E-state index contributed by atoms with van der Waals surface area (Å²) in [5.41, 5.74) is 10.8. The largest absolute Gasteiger partial charge is 0.323 e. The van der Waals surface area contributed by atoms with E-state index in [2.05, 4.69) is 37.0 Å². The highest BCUT2D eigenvalue weighted by Crippen LogP contribution is 2.34. The smallest absolute Gasteiger partial charge is 0.124 e. The van der Waals surface area contributed by atoms with Gasteiger partial charge >= 0.3 is 0 Å². The summed E-state index contributed by atoms with van der Waals surface area (Å²) in [5, 5.41) is 1.09. The van der Waals surface area contributed by atoms with Gasteiger partial charge in [-0.05, 0) is 38.8 Å². The fourth-order valence-electron chi connectivity index (χ4n) is 2.09. The zero-order valence-electron chi connectivity index (χ0n) is 10.7. The average molecular weight is 246 g/mol. The number of aromatic nitrogens is 1. The molecule has 0 bridgehead atoms. The number of thiazole rings is 1. The van der Waals surface area contributed by atoms with E-state index in [0.29, 0.717) is 0 Å². The molecule has 17 heavy (non-hydrogen) atoms. The Bertz CT molecular complexity index is 521. The highest BCUT2D eigenvalue weighted by molar-refractivity contribution is 7.15. The minimum atomic E-state index is 0.0607. The van der Waals surface area contributed by atoms with Gasteiger partial charge in [-0.2, -0.15) is 0 Å². The van der Waals surface area contributed by atoms with E-state index < -0.39 is 0 Å². The second kappa shape index (κ2) is 4.59.